The van der Waals surface area contributed by atoms with Crippen LogP contribution in [0, 0.1) is 18.3 Å². The highest BCUT2D eigenvalue weighted by Gasteiger charge is 2.38. The molecule has 1 aromatic heterocycles. The molecule has 2 heterocycles. The maximum Gasteiger partial charge on any atom is 0.417 e. The average Bonchev–Trinajstić information content (AvgIpc) is 3.01. The van der Waals surface area contributed by atoms with Crippen LogP contribution in [0.4, 0.5) is 24.7 Å². The number of alkyl halides is 3. The van der Waals surface area contributed by atoms with E-state index in [0.29, 0.717) is 19.4 Å². The van der Waals surface area contributed by atoms with Crippen LogP contribution in [-0.4, -0.2) is 30.0 Å². The minimum absolute atomic E-state index is 0.0836. The summed E-state index contributed by atoms with van der Waals surface area (Å²) in [6.45, 7) is 3.82. The number of nitrogens with two attached hydrogens (primary N) is 1. The van der Waals surface area contributed by atoms with Crippen molar-refractivity contribution in [2.75, 3.05) is 16.8 Å². The van der Waals surface area contributed by atoms with Crippen molar-refractivity contribution in [1.29, 1.82) is 5.26 Å². The number of nitriles is 1. The minimum atomic E-state index is -4.57. The summed E-state index contributed by atoms with van der Waals surface area (Å²) >= 11 is 3.28. The number of pyridine rings is 1. The summed E-state index contributed by atoms with van der Waals surface area (Å²) in [5.74, 6) is 0.0836. The van der Waals surface area contributed by atoms with Gasteiger partial charge in [-0.2, -0.15) is 18.4 Å². The molecule has 0 saturated carbocycles. The van der Waals surface area contributed by atoms with Crippen LogP contribution >= 0.6 is 15.9 Å². The molecule has 1 aromatic carbocycles. The number of aryl methyl sites for hydroxylation is 1. The van der Waals surface area contributed by atoms with Crippen LogP contribution in [0.5, 0.6) is 0 Å². The lowest BCUT2D eigenvalue weighted by molar-refractivity contribution is -0.137. The Morgan fingerprint density at radius 3 is 2.47 bits per heavy atom. The Kier molecular flexibility index (Phi) is 7.81. The number of nitrogens with zero attached hydrogens (tertiary/aromatic N) is 3. The summed E-state index contributed by atoms with van der Waals surface area (Å²) in [5.41, 5.74) is 5.56. The monoisotopic (exact) mass is 483 g/mol. The Morgan fingerprint density at radius 1 is 1.37 bits per heavy atom. The van der Waals surface area contributed by atoms with Gasteiger partial charge in [-0.3, -0.25) is 4.79 Å². The number of carbonyl (C=O) groups excluding carboxylic acids is 1. The fourth-order valence-electron chi connectivity index (χ4n) is 3.08. The first kappa shape index (κ1) is 23.6. The number of rotatable bonds is 3. The van der Waals surface area contributed by atoms with Crippen LogP contribution in [0.1, 0.15) is 30.2 Å². The van der Waals surface area contributed by atoms with Crippen LogP contribution < -0.4 is 16.0 Å². The zero-order chi connectivity index (χ0) is 22.5. The molecular weight excluding hydrogens is 463 g/mol. The van der Waals surface area contributed by atoms with Gasteiger partial charge in [0.15, 0.2) is 0 Å². The third-order valence-corrected chi connectivity index (χ3v) is 5.23. The van der Waals surface area contributed by atoms with Crippen molar-refractivity contribution in [3.63, 3.8) is 0 Å². The molecule has 2 unspecified atom stereocenters. The van der Waals surface area contributed by atoms with Crippen molar-refractivity contribution < 1.29 is 18.0 Å². The van der Waals surface area contributed by atoms with Crippen LogP contribution in [-0.2, 0) is 11.0 Å². The largest absolute Gasteiger partial charge is 0.417 e. The average molecular weight is 484 g/mol. The number of halogens is 4. The molecule has 2 atom stereocenters. The van der Waals surface area contributed by atoms with Gasteiger partial charge >= 0.3 is 6.18 Å². The fraction of sp³-hybridized carbons (Fsp3) is 0.350. The number of aromatic nitrogens is 1. The maximum atomic E-state index is 13.0. The van der Waals surface area contributed by atoms with Crippen LogP contribution in [0.15, 0.2) is 34.8 Å². The number of anilines is 2. The quantitative estimate of drug-likeness (QED) is 0.637. The van der Waals surface area contributed by atoms with E-state index >= 15 is 0 Å². The number of benzene rings is 1. The lowest BCUT2D eigenvalue weighted by Crippen LogP contribution is -2.38. The highest BCUT2D eigenvalue weighted by Crippen LogP contribution is 2.37. The predicted molar refractivity (Wildman–Crippen MR) is 112 cm³/mol. The number of hydrogen-bond donors (Lipinski definition) is 2. The molecule has 1 aliphatic heterocycles. The molecule has 0 radical (unpaired) electrons. The summed E-state index contributed by atoms with van der Waals surface area (Å²) in [6.07, 6.45) is -3.25. The molecule has 30 heavy (non-hydrogen) atoms. The number of nitrogens with one attached hydrogen (secondary N) is 1. The highest BCUT2D eigenvalue weighted by molar-refractivity contribution is 9.10. The third kappa shape index (κ3) is 5.70. The molecule has 3 N–H and O–H groups in total. The van der Waals surface area contributed by atoms with Crippen molar-refractivity contribution in [1.82, 2.24) is 4.98 Å². The summed E-state index contributed by atoms with van der Waals surface area (Å²) in [6, 6.07) is 9.65. The third-order valence-electron chi connectivity index (χ3n) is 4.70. The van der Waals surface area contributed by atoms with Gasteiger partial charge in [-0.15, -0.1) is 0 Å². The van der Waals surface area contributed by atoms with Crippen LogP contribution in [0.25, 0.3) is 0 Å². The zero-order valence-electron chi connectivity index (χ0n) is 16.4. The second kappa shape index (κ2) is 9.91. The van der Waals surface area contributed by atoms with Gasteiger partial charge in [0.1, 0.15) is 17.5 Å². The van der Waals surface area contributed by atoms with Crippen LogP contribution in [0.3, 0.4) is 0 Å². The smallest absolute Gasteiger partial charge is 0.351 e. The van der Waals surface area contributed by atoms with E-state index in [2.05, 4.69) is 26.2 Å². The normalized spacial score (nSPS) is 18.3. The molecular formula is C20H21BrF3N5O. The first-order chi connectivity index (χ1) is 14.1. The zero-order valence-corrected chi connectivity index (χ0v) is 18.0. The Labute approximate surface area is 181 Å². The summed E-state index contributed by atoms with van der Waals surface area (Å²) in [7, 11) is 0. The van der Waals surface area contributed by atoms with Crippen molar-refractivity contribution >= 4 is 33.8 Å². The number of carbonyl (C=O) groups is 1. The van der Waals surface area contributed by atoms with Crippen LogP contribution in [0.2, 0.25) is 0 Å². The SMILES string of the molecule is Cc1cc(C(F)(F)F)c(C#N)c(N2CCC(N)C2C)n1.O=CNc1ccc(Br)cc1. The molecule has 0 spiro atoms. The molecule has 0 bridgehead atoms. The van der Waals surface area contributed by atoms with E-state index in [4.69, 9.17) is 11.0 Å². The Balaban J connectivity index is 0.000000269. The van der Waals surface area contributed by atoms with Crippen molar-refractivity contribution in [3.8, 4) is 6.07 Å². The van der Waals surface area contributed by atoms with Gasteiger partial charge in [0.05, 0.1) is 5.56 Å². The predicted octanol–water partition coefficient (Wildman–Crippen LogP) is 4.22. The molecule has 2 aromatic rings. The van der Waals surface area contributed by atoms with Gasteiger partial charge in [0.25, 0.3) is 0 Å². The lowest BCUT2D eigenvalue weighted by Gasteiger charge is -2.26. The summed E-state index contributed by atoms with van der Waals surface area (Å²) < 4.78 is 40.1. The van der Waals surface area contributed by atoms with Crippen molar-refractivity contribution in [2.24, 2.45) is 5.73 Å². The molecule has 3 rings (SSSR count). The van der Waals surface area contributed by atoms with Crippen molar-refractivity contribution in [3.05, 3.63) is 51.6 Å². The molecule has 10 heteroatoms. The maximum absolute atomic E-state index is 13.0. The summed E-state index contributed by atoms with van der Waals surface area (Å²) in [5, 5.41) is 11.7. The lowest BCUT2D eigenvalue weighted by atomic mass is 10.1. The van der Waals surface area contributed by atoms with E-state index in [1.165, 1.54) is 6.92 Å². The van der Waals surface area contributed by atoms with E-state index in [9.17, 15) is 18.0 Å². The van der Waals surface area contributed by atoms with E-state index in [1.807, 2.05) is 31.2 Å². The van der Waals surface area contributed by atoms with E-state index < -0.39 is 17.3 Å². The van der Waals surface area contributed by atoms with Gasteiger partial charge in [0.2, 0.25) is 6.41 Å². The first-order valence-corrected chi connectivity index (χ1v) is 9.84. The Bertz CT molecular complexity index is 928. The Morgan fingerprint density at radius 2 is 2.00 bits per heavy atom. The Hall–Kier alpha value is -2.64. The van der Waals surface area contributed by atoms with Gasteiger partial charge in [-0.05, 0) is 50.6 Å². The molecule has 1 aliphatic rings. The first-order valence-electron chi connectivity index (χ1n) is 9.05. The fourth-order valence-corrected chi connectivity index (χ4v) is 3.34. The number of hydrogen-bond acceptors (Lipinski definition) is 5. The van der Waals surface area contributed by atoms with Gasteiger partial charge in [0, 0.05) is 34.5 Å². The van der Waals surface area contributed by atoms with Gasteiger partial charge in [-0.25, -0.2) is 4.98 Å². The highest BCUT2D eigenvalue weighted by atomic mass is 79.9. The van der Waals surface area contributed by atoms with E-state index in [-0.39, 0.29) is 23.6 Å². The topological polar surface area (TPSA) is 95.0 Å². The van der Waals surface area contributed by atoms with Crippen molar-refractivity contribution in [2.45, 2.75) is 38.5 Å². The number of amides is 1. The van der Waals surface area contributed by atoms with E-state index in [0.717, 1.165) is 16.2 Å². The molecule has 160 valence electrons. The molecule has 1 saturated heterocycles. The second-order valence-corrected chi connectivity index (χ2v) is 7.69. The molecule has 0 aliphatic carbocycles. The molecule has 6 nitrogen and oxygen atoms in total. The van der Waals surface area contributed by atoms with E-state index in [1.54, 1.807) is 11.0 Å². The standard InChI is InChI=1S/C13H15F3N4.C7H6BrNO/c1-7-5-10(13(14,15)16)9(6-17)12(19-7)20-4-3-11(18)8(20)2;8-6-1-3-7(4-2-6)9-5-10/h5,8,11H,3-4,18H2,1-2H3;1-5H,(H,9,10). The summed E-state index contributed by atoms with van der Waals surface area (Å²) in [4.78, 5) is 15.8. The van der Waals surface area contributed by atoms with Gasteiger partial charge < -0.3 is 16.0 Å². The molecule has 1 fully saturated rings. The van der Waals surface area contributed by atoms with Gasteiger partial charge in [-0.1, -0.05) is 15.9 Å². The second-order valence-electron chi connectivity index (χ2n) is 6.77. The minimum Gasteiger partial charge on any atom is -0.351 e. The molecule has 1 amide bonds.